The lowest BCUT2D eigenvalue weighted by molar-refractivity contribution is -0.107. The fraction of sp³-hybridized carbons (Fsp3) is 0.111. The van der Waals surface area contributed by atoms with Crippen molar-refractivity contribution in [2.45, 2.75) is 5.75 Å². The summed E-state index contributed by atoms with van der Waals surface area (Å²) in [6, 6.07) is 13.5. The Morgan fingerprint density at radius 1 is 1.20 bits per heavy atom. The SMILES string of the molecule is O=C1SC(SCc2ccccc2)=N/C1=C\c1cc2c(cc1Cl)OCO2. The number of hydrogen-bond donors (Lipinski definition) is 0. The minimum Gasteiger partial charge on any atom is -0.454 e. The Morgan fingerprint density at radius 2 is 1.96 bits per heavy atom. The maximum absolute atomic E-state index is 12.2. The molecule has 4 rings (SSSR count). The van der Waals surface area contributed by atoms with Crippen molar-refractivity contribution in [1.82, 2.24) is 0 Å². The number of rotatable bonds is 3. The van der Waals surface area contributed by atoms with Gasteiger partial charge in [0.25, 0.3) is 0 Å². The van der Waals surface area contributed by atoms with Gasteiger partial charge in [0, 0.05) is 11.8 Å². The van der Waals surface area contributed by atoms with Gasteiger partial charge in [0.1, 0.15) is 10.1 Å². The second-order valence-electron chi connectivity index (χ2n) is 5.30. The molecule has 0 N–H and O–H groups in total. The van der Waals surface area contributed by atoms with Crippen LogP contribution in [0.15, 0.2) is 53.2 Å². The predicted octanol–water partition coefficient (Wildman–Crippen LogP) is 4.97. The number of nitrogens with zero attached hydrogens (tertiary/aromatic N) is 1. The van der Waals surface area contributed by atoms with Gasteiger partial charge in [-0.25, -0.2) is 4.99 Å². The summed E-state index contributed by atoms with van der Waals surface area (Å²) in [6.45, 7) is 0.179. The van der Waals surface area contributed by atoms with E-state index < -0.39 is 0 Å². The number of halogens is 1. The van der Waals surface area contributed by atoms with Crippen molar-refractivity contribution < 1.29 is 14.3 Å². The van der Waals surface area contributed by atoms with E-state index in [1.807, 2.05) is 18.2 Å². The van der Waals surface area contributed by atoms with Crippen LogP contribution >= 0.6 is 35.1 Å². The highest BCUT2D eigenvalue weighted by atomic mass is 35.5. The number of benzene rings is 2. The highest BCUT2D eigenvalue weighted by Gasteiger charge is 2.23. The number of ether oxygens (including phenoxy) is 2. The van der Waals surface area contributed by atoms with E-state index in [0.29, 0.717) is 27.8 Å². The summed E-state index contributed by atoms with van der Waals surface area (Å²) in [5.74, 6) is 2.01. The molecule has 25 heavy (non-hydrogen) atoms. The Bertz CT molecular complexity index is 897. The average Bonchev–Trinajstić information content (AvgIpc) is 3.20. The van der Waals surface area contributed by atoms with Gasteiger partial charge in [0.05, 0.1) is 5.02 Å². The molecule has 0 spiro atoms. The van der Waals surface area contributed by atoms with Crippen LogP contribution in [-0.2, 0) is 10.5 Å². The Morgan fingerprint density at radius 3 is 2.76 bits per heavy atom. The first kappa shape index (κ1) is 16.6. The zero-order valence-corrected chi connectivity index (χ0v) is 15.3. The molecule has 0 amide bonds. The molecule has 0 radical (unpaired) electrons. The van der Waals surface area contributed by atoms with E-state index in [1.165, 1.54) is 5.56 Å². The Hall–Kier alpha value is -1.89. The van der Waals surface area contributed by atoms with E-state index in [-0.39, 0.29) is 11.9 Å². The highest BCUT2D eigenvalue weighted by Crippen LogP contribution is 2.39. The van der Waals surface area contributed by atoms with Crippen LogP contribution in [0.5, 0.6) is 11.5 Å². The highest BCUT2D eigenvalue weighted by molar-refractivity contribution is 8.45. The van der Waals surface area contributed by atoms with E-state index in [2.05, 4.69) is 17.1 Å². The minimum atomic E-state index is -0.0794. The van der Waals surface area contributed by atoms with Crippen molar-refractivity contribution in [1.29, 1.82) is 0 Å². The molecular formula is C18H12ClNO3S2. The van der Waals surface area contributed by atoms with Gasteiger partial charge in [0.15, 0.2) is 11.5 Å². The van der Waals surface area contributed by atoms with Crippen LogP contribution in [0.25, 0.3) is 6.08 Å². The predicted molar refractivity (Wildman–Crippen MR) is 103 cm³/mol. The molecule has 0 unspecified atom stereocenters. The number of hydrogen-bond acceptors (Lipinski definition) is 6. The molecule has 126 valence electrons. The van der Waals surface area contributed by atoms with Gasteiger partial charge in [-0.3, -0.25) is 4.79 Å². The molecule has 2 aliphatic heterocycles. The monoisotopic (exact) mass is 389 g/mol. The van der Waals surface area contributed by atoms with Crippen molar-refractivity contribution in [3.8, 4) is 11.5 Å². The van der Waals surface area contributed by atoms with Crippen LogP contribution in [0, 0.1) is 0 Å². The molecule has 0 saturated heterocycles. The molecular weight excluding hydrogens is 378 g/mol. The Labute approximate surface area is 158 Å². The first-order valence-corrected chi connectivity index (χ1v) is 9.65. The second-order valence-corrected chi connectivity index (χ2v) is 7.89. The smallest absolute Gasteiger partial charge is 0.244 e. The standard InChI is InChI=1S/C18H12ClNO3S2/c19-13-8-16-15(22-10-23-16)7-12(13)6-14-17(21)25-18(20-14)24-9-11-4-2-1-3-5-11/h1-8H,9-10H2/b14-6-. The summed E-state index contributed by atoms with van der Waals surface area (Å²) < 4.78 is 11.4. The van der Waals surface area contributed by atoms with Gasteiger partial charge in [-0.15, -0.1) is 0 Å². The van der Waals surface area contributed by atoms with Gasteiger partial charge in [0.2, 0.25) is 11.9 Å². The minimum absolute atomic E-state index is 0.0794. The number of fused-ring (bicyclic) bond motifs is 1. The van der Waals surface area contributed by atoms with Crippen molar-refractivity contribution in [3.63, 3.8) is 0 Å². The van der Waals surface area contributed by atoms with E-state index in [1.54, 1.807) is 30.0 Å². The normalized spacial score (nSPS) is 17.2. The van der Waals surface area contributed by atoms with Gasteiger partial charge in [-0.2, -0.15) is 0 Å². The van der Waals surface area contributed by atoms with Crippen molar-refractivity contribution in [2.24, 2.45) is 4.99 Å². The molecule has 7 heteroatoms. The summed E-state index contributed by atoms with van der Waals surface area (Å²) in [5.41, 5.74) is 2.27. The third-order valence-electron chi connectivity index (χ3n) is 3.59. The van der Waals surface area contributed by atoms with Crippen LogP contribution in [-0.4, -0.2) is 16.3 Å². The molecule has 2 aliphatic rings. The molecule has 0 atom stereocenters. The van der Waals surface area contributed by atoms with Crippen molar-refractivity contribution in [3.05, 3.63) is 64.3 Å². The molecule has 0 saturated carbocycles. The number of carbonyl (C=O) groups excluding carboxylic acids is 1. The lowest BCUT2D eigenvalue weighted by Crippen LogP contribution is -1.92. The zero-order chi connectivity index (χ0) is 17.2. The van der Waals surface area contributed by atoms with Crippen LogP contribution in [0.2, 0.25) is 5.02 Å². The average molecular weight is 390 g/mol. The first-order valence-electron chi connectivity index (χ1n) is 7.47. The Balaban J connectivity index is 1.53. The molecule has 0 bridgehead atoms. The molecule has 2 aromatic carbocycles. The maximum Gasteiger partial charge on any atom is 0.244 e. The molecule has 2 heterocycles. The van der Waals surface area contributed by atoms with Crippen LogP contribution in [0.4, 0.5) is 0 Å². The fourth-order valence-electron chi connectivity index (χ4n) is 2.36. The Kier molecular flexibility index (Phi) is 4.74. The van der Waals surface area contributed by atoms with E-state index in [0.717, 1.165) is 21.9 Å². The second kappa shape index (κ2) is 7.15. The van der Waals surface area contributed by atoms with Gasteiger partial charge < -0.3 is 9.47 Å². The van der Waals surface area contributed by atoms with Gasteiger partial charge >= 0.3 is 0 Å². The summed E-state index contributed by atoms with van der Waals surface area (Å²) >= 11 is 8.96. The maximum atomic E-state index is 12.2. The molecule has 0 aliphatic carbocycles. The third-order valence-corrected chi connectivity index (χ3v) is 6.00. The number of thioether (sulfide) groups is 2. The first-order chi connectivity index (χ1) is 12.2. The molecule has 2 aromatic rings. The van der Waals surface area contributed by atoms with Crippen LogP contribution in [0.3, 0.4) is 0 Å². The number of carbonyl (C=O) groups is 1. The molecule has 4 nitrogen and oxygen atoms in total. The quantitative estimate of drug-likeness (QED) is 0.693. The summed E-state index contributed by atoms with van der Waals surface area (Å²) in [5, 5.41) is 0.416. The lowest BCUT2D eigenvalue weighted by atomic mass is 10.1. The van der Waals surface area contributed by atoms with Gasteiger partial charge in [-0.05, 0) is 35.0 Å². The van der Waals surface area contributed by atoms with Crippen molar-refractivity contribution in [2.75, 3.05) is 6.79 Å². The van der Waals surface area contributed by atoms with Crippen LogP contribution in [0.1, 0.15) is 11.1 Å². The third kappa shape index (κ3) is 3.71. The largest absolute Gasteiger partial charge is 0.454 e. The summed E-state index contributed by atoms with van der Waals surface area (Å²) in [4.78, 5) is 16.7. The fourth-order valence-corrected chi connectivity index (χ4v) is 4.37. The topological polar surface area (TPSA) is 47.9 Å². The molecule has 0 aromatic heterocycles. The van der Waals surface area contributed by atoms with E-state index in [9.17, 15) is 4.79 Å². The van der Waals surface area contributed by atoms with E-state index >= 15 is 0 Å². The lowest BCUT2D eigenvalue weighted by Gasteiger charge is -2.01. The van der Waals surface area contributed by atoms with Crippen molar-refractivity contribution >= 4 is 50.7 Å². The van der Waals surface area contributed by atoms with Gasteiger partial charge in [-0.1, -0.05) is 53.7 Å². The zero-order valence-electron chi connectivity index (χ0n) is 12.9. The summed E-state index contributed by atoms with van der Waals surface area (Å²) in [6.07, 6.45) is 1.69. The number of aliphatic imine (C=N–C) groups is 1. The summed E-state index contributed by atoms with van der Waals surface area (Å²) in [7, 11) is 0. The van der Waals surface area contributed by atoms with E-state index in [4.69, 9.17) is 21.1 Å². The molecule has 0 fully saturated rings. The van der Waals surface area contributed by atoms with Crippen LogP contribution < -0.4 is 9.47 Å².